The Labute approximate surface area is 174 Å². The van der Waals surface area contributed by atoms with Crippen LogP contribution in [0.25, 0.3) is 0 Å². The van der Waals surface area contributed by atoms with Crippen molar-refractivity contribution in [1.82, 2.24) is 10.2 Å². The molecule has 0 bridgehead atoms. The molecule has 1 heterocycles. The van der Waals surface area contributed by atoms with Crippen molar-refractivity contribution >= 4 is 0 Å². The van der Waals surface area contributed by atoms with E-state index >= 15 is 0 Å². The monoisotopic (exact) mass is 386 g/mol. The van der Waals surface area contributed by atoms with Gasteiger partial charge in [-0.05, 0) is 35.2 Å². The molecule has 3 heteroatoms. The second kappa shape index (κ2) is 9.73. The van der Waals surface area contributed by atoms with E-state index < -0.39 is 0 Å². The Hall–Kier alpha value is -2.62. The predicted molar refractivity (Wildman–Crippen MR) is 119 cm³/mol. The van der Waals surface area contributed by atoms with Crippen molar-refractivity contribution in [1.29, 1.82) is 0 Å². The molecule has 1 aliphatic rings. The Bertz CT molecular complexity index is 881. The molecule has 1 saturated heterocycles. The molecule has 0 aliphatic carbocycles. The van der Waals surface area contributed by atoms with E-state index in [1.807, 2.05) is 6.07 Å². The van der Waals surface area contributed by atoms with E-state index in [-0.39, 0.29) is 0 Å². The van der Waals surface area contributed by atoms with Gasteiger partial charge in [0.05, 0.1) is 7.11 Å². The van der Waals surface area contributed by atoms with Gasteiger partial charge >= 0.3 is 0 Å². The number of nitrogens with zero attached hydrogens (tertiary/aromatic N) is 1. The number of rotatable bonds is 7. The number of ether oxygens (including phenoxy) is 1. The van der Waals surface area contributed by atoms with Crippen LogP contribution in [0.4, 0.5) is 0 Å². The van der Waals surface area contributed by atoms with Gasteiger partial charge in [0.1, 0.15) is 5.75 Å². The van der Waals surface area contributed by atoms with Crippen molar-refractivity contribution < 1.29 is 4.74 Å². The highest BCUT2D eigenvalue weighted by molar-refractivity contribution is 5.29. The lowest BCUT2D eigenvalue weighted by molar-refractivity contribution is 0.166. The van der Waals surface area contributed by atoms with Crippen molar-refractivity contribution in [3.8, 4) is 5.75 Å². The summed E-state index contributed by atoms with van der Waals surface area (Å²) >= 11 is 0. The van der Waals surface area contributed by atoms with E-state index in [1.54, 1.807) is 7.11 Å². The zero-order valence-electron chi connectivity index (χ0n) is 17.1. The van der Waals surface area contributed by atoms with E-state index in [1.165, 1.54) is 16.7 Å². The first-order valence-electron chi connectivity index (χ1n) is 10.5. The molecule has 0 aromatic heterocycles. The summed E-state index contributed by atoms with van der Waals surface area (Å²) in [5.74, 6) is 1.40. The predicted octanol–water partition coefficient (Wildman–Crippen LogP) is 4.84. The van der Waals surface area contributed by atoms with Gasteiger partial charge in [-0.3, -0.25) is 4.90 Å². The lowest BCUT2D eigenvalue weighted by atomic mass is 9.85. The van der Waals surface area contributed by atoms with Gasteiger partial charge in [0.25, 0.3) is 0 Å². The zero-order chi connectivity index (χ0) is 19.9. The third-order valence-corrected chi connectivity index (χ3v) is 5.88. The lowest BCUT2D eigenvalue weighted by Gasteiger charge is -2.39. The van der Waals surface area contributed by atoms with Crippen LogP contribution in [0.5, 0.6) is 5.75 Å². The number of hydrogen-bond acceptors (Lipinski definition) is 3. The summed E-state index contributed by atoms with van der Waals surface area (Å²) in [6, 6.07) is 30.6. The van der Waals surface area contributed by atoms with E-state index in [0.29, 0.717) is 12.0 Å². The van der Waals surface area contributed by atoms with Crippen molar-refractivity contribution in [2.24, 2.45) is 0 Å². The molecule has 3 aromatic carbocycles. The van der Waals surface area contributed by atoms with Crippen molar-refractivity contribution in [2.75, 3.05) is 20.2 Å². The van der Waals surface area contributed by atoms with Crippen LogP contribution in [0, 0.1) is 0 Å². The van der Waals surface area contributed by atoms with Crippen molar-refractivity contribution in [2.45, 2.75) is 31.5 Å². The van der Waals surface area contributed by atoms with Gasteiger partial charge < -0.3 is 10.1 Å². The van der Waals surface area contributed by atoms with Crippen LogP contribution >= 0.6 is 0 Å². The largest absolute Gasteiger partial charge is 0.497 e. The molecule has 2 atom stereocenters. The van der Waals surface area contributed by atoms with Gasteiger partial charge in [0, 0.05) is 38.1 Å². The minimum atomic E-state index is 0.468. The van der Waals surface area contributed by atoms with Crippen LogP contribution in [0.1, 0.15) is 29.0 Å². The van der Waals surface area contributed by atoms with Crippen LogP contribution in [-0.2, 0) is 13.1 Å². The molecule has 0 amide bonds. The van der Waals surface area contributed by atoms with E-state index in [2.05, 4.69) is 89.1 Å². The summed E-state index contributed by atoms with van der Waals surface area (Å²) in [5, 5.41) is 3.84. The second-order valence-electron chi connectivity index (χ2n) is 7.87. The Morgan fingerprint density at radius 3 is 2.38 bits per heavy atom. The molecule has 0 unspecified atom stereocenters. The molecular weight excluding hydrogens is 356 g/mol. The molecular formula is C26H30N2O. The molecule has 0 spiro atoms. The van der Waals surface area contributed by atoms with Gasteiger partial charge in [-0.1, -0.05) is 72.8 Å². The molecule has 1 fully saturated rings. The fraction of sp³-hybridized carbons (Fsp3) is 0.308. The van der Waals surface area contributed by atoms with E-state index in [4.69, 9.17) is 4.74 Å². The van der Waals surface area contributed by atoms with E-state index in [0.717, 1.165) is 38.3 Å². The average Bonchev–Trinajstić information content (AvgIpc) is 2.79. The highest BCUT2D eigenvalue weighted by Gasteiger charge is 2.30. The van der Waals surface area contributed by atoms with Gasteiger partial charge in [0.15, 0.2) is 0 Å². The molecule has 3 aromatic rings. The molecule has 3 nitrogen and oxygen atoms in total. The van der Waals surface area contributed by atoms with E-state index in [9.17, 15) is 0 Å². The maximum Gasteiger partial charge on any atom is 0.119 e. The highest BCUT2D eigenvalue weighted by atomic mass is 16.5. The first-order chi connectivity index (χ1) is 14.3. The minimum absolute atomic E-state index is 0.468. The number of likely N-dealkylation sites (tertiary alicyclic amines) is 1. The lowest BCUT2D eigenvalue weighted by Crippen LogP contribution is -2.47. The van der Waals surface area contributed by atoms with Gasteiger partial charge in [-0.15, -0.1) is 0 Å². The van der Waals surface area contributed by atoms with Crippen LogP contribution in [0.3, 0.4) is 0 Å². The molecule has 0 saturated carbocycles. The maximum atomic E-state index is 5.37. The van der Waals surface area contributed by atoms with Crippen molar-refractivity contribution in [3.63, 3.8) is 0 Å². The minimum Gasteiger partial charge on any atom is -0.497 e. The summed E-state index contributed by atoms with van der Waals surface area (Å²) in [4.78, 5) is 2.59. The quantitative estimate of drug-likeness (QED) is 0.629. The van der Waals surface area contributed by atoms with Crippen LogP contribution in [-0.4, -0.2) is 31.1 Å². The third kappa shape index (κ3) is 5.26. The van der Waals surface area contributed by atoms with Gasteiger partial charge in [0.2, 0.25) is 0 Å². The summed E-state index contributed by atoms with van der Waals surface area (Å²) < 4.78 is 5.37. The molecule has 1 aliphatic heterocycles. The van der Waals surface area contributed by atoms with Crippen LogP contribution in [0.2, 0.25) is 0 Å². The summed E-state index contributed by atoms with van der Waals surface area (Å²) in [7, 11) is 1.72. The fourth-order valence-electron chi connectivity index (χ4n) is 4.32. The topological polar surface area (TPSA) is 24.5 Å². The first-order valence-corrected chi connectivity index (χ1v) is 10.5. The van der Waals surface area contributed by atoms with Crippen LogP contribution < -0.4 is 10.1 Å². The number of piperidine rings is 1. The summed E-state index contributed by atoms with van der Waals surface area (Å²) in [6.07, 6.45) is 1.15. The Kier molecular flexibility index (Phi) is 6.60. The van der Waals surface area contributed by atoms with Crippen molar-refractivity contribution in [3.05, 3.63) is 102 Å². The van der Waals surface area contributed by atoms with Gasteiger partial charge in [-0.2, -0.15) is 0 Å². The summed E-state index contributed by atoms with van der Waals surface area (Å²) in [5.41, 5.74) is 4.08. The number of methoxy groups -OCH3 is 1. The van der Waals surface area contributed by atoms with Crippen LogP contribution in [0.15, 0.2) is 84.9 Å². The standard InChI is InChI=1S/C26H30N2O/c1-29-24-14-8-11-22(17-24)18-27-26-15-16-28(19-21-9-4-2-5-10-21)20-25(26)23-12-6-3-7-13-23/h2-14,17,25-27H,15-16,18-20H2,1H3/t25-,26-/m1/s1. The molecule has 0 radical (unpaired) electrons. The third-order valence-electron chi connectivity index (χ3n) is 5.88. The molecule has 1 N–H and O–H groups in total. The summed E-state index contributed by atoms with van der Waals surface area (Å²) in [6.45, 7) is 4.08. The molecule has 150 valence electrons. The molecule has 4 rings (SSSR count). The number of hydrogen-bond donors (Lipinski definition) is 1. The zero-order valence-corrected chi connectivity index (χ0v) is 17.1. The maximum absolute atomic E-state index is 5.37. The second-order valence-corrected chi connectivity index (χ2v) is 7.87. The first kappa shape index (κ1) is 19.7. The number of nitrogens with one attached hydrogen (secondary N) is 1. The molecule has 29 heavy (non-hydrogen) atoms. The highest BCUT2D eigenvalue weighted by Crippen LogP contribution is 2.29. The Morgan fingerprint density at radius 1 is 0.897 bits per heavy atom. The number of benzene rings is 3. The van der Waals surface area contributed by atoms with Gasteiger partial charge in [-0.25, -0.2) is 0 Å². The normalized spacial score (nSPS) is 19.8. The fourth-order valence-corrected chi connectivity index (χ4v) is 4.32. The average molecular weight is 387 g/mol. The smallest absolute Gasteiger partial charge is 0.119 e. The SMILES string of the molecule is COc1cccc(CN[C@@H]2CCN(Cc3ccccc3)C[C@@H]2c2ccccc2)c1. The Balaban J connectivity index is 1.46. The Morgan fingerprint density at radius 2 is 1.62 bits per heavy atom.